The average molecular weight is 366 g/mol. The SMILES string of the molecule is O=C(c1ccc(Br)o1)N(Cc1ccco1)Cc1cccs1. The van der Waals surface area contributed by atoms with Crippen molar-refractivity contribution in [3.63, 3.8) is 0 Å². The number of halogens is 1. The Labute approximate surface area is 134 Å². The van der Waals surface area contributed by atoms with Gasteiger partial charge in [-0.1, -0.05) is 6.07 Å². The third-order valence-corrected chi connectivity index (χ3v) is 4.21. The van der Waals surface area contributed by atoms with Crippen LogP contribution in [0.5, 0.6) is 0 Å². The Bertz CT molecular complexity index is 667. The van der Waals surface area contributed by atoms with Crippen LogP contribution in [0.1, 0.15) is 21.2 Å². The van der Waals surface area contributed by atoms with Crippen molar-refractivity contribution >= 4 is 33.2 Å². The van der Waals surface area contributed by atoms with E-state index in [1.165, 1.54) is 0 Å². The van der Waals surface area contributed by atoms with Crippen LogP contribution in [0.2, 0.25) is 0 Å². The van der Waals surface area contributed by atoms with E-state index >= 15 is 0 Å². The first-order valence-electron chi connectivity index (χ1n) is 6.32. The Hall–Kier alpha value is -1.79. The quantitative estimate of drug-likeness (QED) is 0.666. The number of carbonyl (C=O) groups is 1. The number of furan rings is 2. The second kappa shape index (κ2) is 6.32. The summed E-state index contributed by atoms with van der Waals surface area (Å²) in [4.78, 5) is 15.4. The monoisotopic (exact) mass is 365 g/mol. The standard InChI is InChI=1S/C15H12BrNO3S/c16-14-6-5-13(20-14)15(18)17(9-11-3-1-7-19-11)10-12-4-2-8-21-12/h1-8H,9-10H2. The summed E-state index contributed by atoms with van der Waals surface area (Å²) in [6, 6.07) is 11.0. The molecular weight excluding hydrogens is 354 g/mol. The fraction of sp³-hybridized carbons (Fsp3) is 0.133. The summed E-state index contributed by atoms with van der Waals surface area (Å²) in [7, 11) is 0. The molecule has 3 aromatic heterocycles. The van der Waals surface area contributed by atoms with Gasteiger partial charge in [-0.15, -0.1) is 11.3 Å². The second-order valence-electron chi connectivity index (χ2n) is 4.42. The third kappa shape index (κ3) is 3.46. The molecule has 3 aromatic rings. The van der Waals surface area contributed by atoms with Crippen LogP contribution in [-0.4, -0.2) is 10.8 Å². The minimum atomic E-state index is -0.162. The van der Waals surface area contributed by atoms with Gasteiger partial charge in [0.25, 0.3) is 5.91 Å². The molecule has 3 heterocycles. The van der Waals surface area contributed by atoms with Crippen LogP contribution in [0.4, 0.5) is 0 Å². The molecule has 3 rings (SSSR count). The lowest BCUT2D eigenvalue weighted by molar-refractivity contribution is 0.0685. The number of amides is 1. The van der Waals surface area contributed by atoms with Crippen molar-refractivity contribution < 1.29 is 13.6 Å². The summed E-state index contributed by atoms with van der Waals surface area (Å²) in [5.41, 5.74) is 0. The number of hydrogen-bond acceptors (Lipinski definition) is 4. The molecule has 0 aromatic carbocycles. The van der Waals surface area contributed by atoms with E-state index in [0.29, 0.717) is 23.5 Å². The number of hydrogen-bond donors (Lipinski definition) is 0. The lowest BCUT2D eigenvalue weighted by Crippen LogP contribution is -2.29. The first kappa shape index (κ1) is 14.2. The number of nitrogens with zero attached hydrogens (tertiary/aromatic N) is 1. The normalized spacial score (nSPS) is 10.7. The van der Waals surface area contributed by atoms with E-state index in [2.05, 4.69) is 15.9 Å². The lowest BCUT2D eigenvalue weighted by Gasteiger charge is -2.19. The molecule has 0 aliphatic carbocycles. The number of carbonyl (C=O) groups excluding carboxylic acids is 1. The highest BCUT2D eigenvalue weighted by Crippen LogP contribution is 2.20. The first-order valence-corrected chi connectivity index (χ1v) is 7.99. The molecule has 0 atom stereocenters. The van der Waals surface area contributed by atoms with Crippen molar-refractivity contribution in [2.45, 2.75) is 13.1 Å². The molecule has 0 radical (unpaired) electrons. The summed E-state index contributed by atoms with van der Waals surface area (Å²) in [5.74, 6) is 0.890. The molecule has 0 aliphatic rings. The summed E-state index contributed by atoms with van der Waals surface area (Å²) in [6.45, 7) is 0.928. The van der Waals surface area contributed by atoms with Crippen LogP contribution in [0.3, 0.4) is 0 Å². The Morgan fingerprint density at radius 3 is 2.71 bits per heavy atom. The molecule has 0 spiro atoms. The minimum Gasteiger partial charge on any atom is -0.467 e. The van der Waals surface area contributed by atoms with Gasteiger partial charge in [0.05, 0.1) is 19.4 Å². The van der Waals surface area contributed by atoms with Gasteiger partial charge in [-0.3, -0.25) is 4.79 Å². The number of thiophene rings is 1. The van der Waals surface area contributed by atoms with Gasteiger partial charge in [-0.2, -0.15) is 0 Å². The van der Waals surface area contributed by atoms with Crippen LogP contribution in [-0.2, 0) is 13.1 Å². The minimum absolute atomic E-state index is 0.162. The highest BCUT2D eigenvalue weighted by molar-refractivity contribution is 9.10. The Kier molecular flexibility index (Phi) is 4.26. The van der Waals surface area contributed by atoms with Crippen molar-refractivity contribution in [1.29, 1.82) is 0 Å². The smallest absolute Gasteiger partial charge is 0.290 e. The van der Waals surface area contributed by atoms with E-state index in [0.717, 1.165) is 10.6 Å². The van der Waals surface area contributed by atoms with Gasteiger partial charge >= 0.3 is 0 Å². The van der Waals surface area contributed by atoms with Crippen molar-refractivity contribution in [3.8, 4) is 0 Å². The summed E-state index contributed by atoms with van der Waals surface area (Å²) in [6.07, 6.45) is 1.60. The van der Waals surface area contributed by atoms with Crippen LogP contribution < -0.4 is 0 Å². The highest BCUT2D eigenvalue weighted by atomic mass is 79.9. The van der Waals surface area contributed by atoms with E-state index in [4.69, 9.17) is 8.83 Å². The fourth-order valence-corrected chi connectivity index (χ4v) is 2.99. The summed E-state index contributed by atoms with van der Waals surface area (Å²) < 4.78 is 11.2. The molecule has 1 amide bonds. The van der Waals surface area contributed by atoms with E-state index in [1.54, 1.807) is 34.6 Å². The Morgan fingerprint density at radius 2 is 2.10 bits per heavy atom. The third-order valence-electron chi connectivity index (χ3n) is 2.92. The molecule has 0 saturated heterocycles. The van der Waals surface area contributed by atoms with Gasteiger partial charge in [0, 0.05) is 4.88 Å². The van der Waals surface area contributed by atoms with E-state index in [9.17, 15) is 4.79 Å². The van der Waals surface area contributed by atoms with Gasteiger partial charge < -0.3 is 13.7 Å². The van der Waals surface area contributed by atoms with Gasteiger partial charge in [0.1, 0.15) is 5.76 Å². The predicted octanol–water partition coefficient (Wildman–Crippen LogP) is 4.54. The molecule has 0 fully saturated rings. The largest absolute Gasteiger partial charge is 0.467 e. The molecule has 6 heteroatoms. The van der Waals surface area contributed by atoms with E-state index in [-0.39, 0.29) is 5.91 Å². The molecule has 0 bridgehead atoms. The van der Waals surface area contributed by atoms with Crippen LogP contribution in [0.25, 0.3) is 0 Å². The van der Waals surface area contributed by atoms with E-state index < -0.39 is 0 Å². The van der Waals surface area contributed by atoms with Crippen molar-refractivity contribution in [1.82, 2.24) is 4.90 Å². The zero-order valence-corrected chi connectivity index (χ0v) is 13.4. The molecule has 4 nitrogen and oxygen atoms in total. The summed E-state index contributed by atoms with van der Waals surface area (Å²) in [5, 5.41) is 1.99. The maximum absolute atomic E-state index is 12.6. The van der Waals surface area contributed by atoms with Gasteiger partial charge in [-0.05, 0) is 51.6 Å². The van der Waals surface area contributed by atoms with Crippen molar-refractivity contribution in [2.24, 2.45) is 0 Å². The molecule has 0 saturated carbocycles. The van der Waals surface area contributed by atoms with E-state index in [1.807, 2.05) is 29.6 Å². The predicted molar refractivity (Wildman–Crippen MR) is 83.0 cm³/mol. The average Bonchev–Trinajstić information content (AvgIpc) is 3.19. The Balaban J connectivity index is 1.82. The fourth-order valence-electron chi connectivity index (χ4n) is 1.97. The molecule has 108 valence electrons. The van der Waals surface area contributed by atoms with Crippen LogP contribution in [0, 0.1) is 0 Å². The number of rotatable bonds is 5. The topological polar surface area (TPSA) is 46.6 Å². The van der Waals surface area contributed by atoms with Gasteiger partial charge in [0.15, 0.2) is 10.4 Å². The van der Waals surface area contributed by atoms with Crippen molar-refractivity contribution in [3.05, 3.63) is 69.1 Å². The van der Waals surface area contributed by atoms with Crippen LogP contribution in [0.15, 0.2) is 61.5 Å². The van der Waals surface area contributed by atoms with Gasteiger partial charge in [-0.25, -0.2) is 0 Å². The van der Waals surface area contributed by atoms with Crippen LogP contribution >= 0.6 is 27.3 Å². The Morgan fingerprint density at radius 1 is 1.19 bits per heavy atom. The molecule has 21 heavy (non-hydrogen) atoms. The highest BCUT2D eigenvalue weighted by Gasteiger charge is 2.21. The molecule has 0 unspecified atom stereocenters. The molecule has 0 aliphatic heterocycles. The zero-order chi connectivity index (χ0) is 14.7. The summed E-state index contributed by atoms with van der Waals surface area (Å²) >= 11 is 4.83. The second-order valence-corrected chi connectivity index (χ2v) is 6.24. The molecule has 0 N–H and O–H groups in total. The zero-order valence-electron chi connectivity index (χ0n) is 11.0. The first-order chi connectivity index (χ1) is 10.2. The maximum atomic E-state index is 12.6. The van der Waals surface area contributed by atoms with Gasteiger partial charge in [0.2, 0.25) is 0 Å². The maximum Gasteiger partial charge on any atom is 0.290 e. The van der Waals surface area contributed by atoms with Crippen molar-refractivity contribution in [2.75, 3.05) is 0 Å². The molecular formula is C15H12BrNO3S. The lowest BCUT2D eigenvalue weighted by atomic mass is 10.3.